The number of carbonyl (C=O) groups excluding carboxylic acids is 1. The van der Waals surface area contributed by atoms with Crippen LogP contribution in [0.15, 0.2) is 24.3 Å². The first-order valence-electron chi connectivity index (χ1n) is 7.79. The van der Waals surface area contributed by atoms with Gasteiger partial charge in [-0.15, -0.1) is 12.4 Å². The first-order chi connectivity index (χ1) is 9.96. The number of piperidine rings is 1. The molecule has 0 spiro atoms. The molecule has 0 aliphatic carbocycles. The van der Waals surface area contributed by atoms with Gasteiger partial charge in [0.1, 0.15) is 5.82 Å². The molecule has 2 aliphatic heterocycles. The van der Waals surface area contributed by atoms with Gasteiger partial charge in [-0.25, -0.2) is 4.39 Å². The van der Waals surface area contributed by atoms with Crippen LogP contribution in [0, 0.1) is 5.82 Å². The third-order valence-electron chi connectivity index (χ3n) is 4.92. The van der Waals surface area contributed by atoms with Crippen LogP contribution < -0.4 is 10.6 Å². The summed E-state index contributed by atoms with van der Waals surface area (Å²) in [6.45, 7) is 3.58. The number of amides is 1. The molecular formula is C17H24ClFN2O. The van der Waals surface area contributed by atoms with Gasteiger partial charge in [0, 0.05) is 23.7 Å². The smallest absolute Gasteiger partial charge is 0.230 e. The Bertz CT molecular complexity index is 537. The average Bonchev–Trinajstić information content (AvgIpc) is 2.78. The summed E-state index contributed by atoms with van der Waals surface area (Å²) in [5.74, 6) is -0.401. The summed E-state index contributed by atoms with van der Waals surface area (Å²) < 4.78 is 14.0. The molecular weight excluding hydrogens is 303 g/mol. The number of carbonyl (C=O) groups is 1. The fourth-order valence-electron chi connectivity index (χ4n) is 3.63. The third kappa shape index (κ3) is 3.28. The van der Waals surface area contributed by atoms with Crippen LogP contribution in [0.1, 0.15) is 45.1 Å². The highest BCUT2D eigenvalue weighted by atomic mass is 35.5. The van der Waals surface area contributed by atoms with Gasteiger partial charge in [0.05, 0.1) is 5.41 Å². The second-order valence-electron chi connectivity index (χ2n) is 6.88. The second-order valence-corrected chi connectivity index (χ2v) is 6.88. The number of rotatable bonds is 3. The number of benzene rings is 1. The van der Waals surface area contributed by atoms with Gasteiger partial charge in [0.2, 0.25) is 5.91 Å². The summed E-state index contributed by atoms with van der Waals surface area (Å²) in [5, 5.41) is 6.70. The van der Waals surface area contributed by atoms with E-state index in [-0.39, 0.29) is 30.2 Å². The first-order valence-corrected chi connectivity index (χ1v) is 7.79. The van der Waals surface area contributed by atoms with Crippen LogP contribution in [0.3, 0.4) is 0 Å². The quantitative estimate of drug-likeness (QED) is 0.896. The molecule has 1 aromatic rings. The number of hydrogen-bond donors (Lipinski definition) is 2. The Morgan fingerprint density at radius 2 is 1.82 bits per heavy atom. The van der Waals surface area contributed by atoms with Crippen LogP contribution >= 0.6 is 12.4 Å². The van der Waals surface area contributed by atoms with Gasteiger partial charge in [0.25, 0.3) is 0 Å². The predicted octanol–water partition coefficient (Wildman–Crippen LogP) is 2.92. The molecule has 122 valence electrons. The van der Waals surface area contributed by atoms with E-state index in [4.69, 9.17) is 0 Å². The van der Waals surface area contributed by atoms with Gasteiger partial charge < -0.3 is 10.6 Å². The maximum Gasteiger partial charge on any atom is 0.230 e. The van der Waals surface area contributed by atoms with Crippen molar-refractivity contribution < 1.29 is 9.18 Å². The second kappa shape index (κ2) is 6.55. The molecule has 2 fully saturated rings. The molecule has 2 saturated heterocycles. The Balaban J connectivity index is 0.00000176. The Morgan fingerprint density at radius 3 is 2.41 bits per heavy atom. The van der Waals surface area contributed by atoms with Crippen LogP contribution in [0.5, 0.6) is 0 Å². The number of hydrogen-bond acceptors (Lipinski definition) is 2. The van der Waals surface area contributed by atoms with Crippen LogP contribution in [0.2, 0.25) is 0 Å². The van der Waals surface area contributed by atoms with E-state index in [1.54, 1.807) is 32.0 Å². The van der Waals surface area contributed by atoms with Crippen LogP contribution in [-0.2, 0) is 10.2 Å². The fourth-order valence-corrected chi connectivity index (χ4v) is 3.63. The van der Waals surface area contributed by atoms with E-state index in [1.165, 1.54) is 18.9 Å². The van der Waals surface area contributed by atoms with Gasteiger partial charge in [-0.2, -0.15) is 0 Å². The van der Waals surface area contributed by atoms with Gasteiger partial charge >= 0.3 is 0 Å². The summed E-state index contributed by atoms with van der Waals surface area (Å²) in [6, 6.07) is 7.81. The molecule has 2 aliphatic rings. The summed E-state index contributed by atoms with van der Waals surface area (Å²) in [5.41, 5.74) is -0.394. The van der Waals surface area contributed by atoms with Crippen molar-refractivity contribution in [3.05, 3.63) is 35.6 Å². The maximum atomic E-state index is 14.0. The third-order valence-corrected chi connectivity index (χ3v) is 4.92. The van der Waals surface area contributed by atoms with Crippen molar-refractivity contribution >= 4 is 18.3 Å². The van der Waals surface area contributed by atoms with Crippen molar-refractivity contribution in [1.29, 1.82) is 0 Å². The van der Waals surface area contributed by atoms with E-state index in [0.717, 1.165) is 12.8 Å². The SMILES string of the molecule is CC(C)(C(=O)NC1CC2CCC(C1)N2)c1ccccc1F.Cl. The fraction of sp³-hybridized carbons (Fsp3) is 0.588. The number of halogens is 2. The highest BCUT2D eigenvalue weighted by molar-refractivity contribution is 5.87. The highest BCUT2D eigenvalue weighted by Crippen LogP contribution is 2.29. The van der Waals surface area contributed by atoms with Crippen molar-refractivity contribution in [2.24, 2.45) is 0 Å². The average molecular weight is 327 g/mol. The molecule has 2 unspecified atom stereocenters. The Morgan fingerprint density at radius 1 is 1.23 bits per heavy atom. The first kappa shape index (κ1) is 17.2. The van der Waals surface area contributed by atoms with Crippen molar-refractivity contribution in [2.75, 3.05) is 0 Å². The van der Waals surface area contributed by atoms with E-state index in [1.807, 2.05) is 0 Å². The molecule has 3 rings (SSSR count). The van der Waals surface area contributed by atoms with E-state index in [2.05, 4.69) is 10.6 Å². The molecule has 0 saturated carbocycles. The molecule has 2 heterocycles. The minimum absolute atomic E-state index is 0. The lowest BCUT2D eigenvalue weighted by Crippen LogP contribution is -2.51. The molecule has 2 N–H and O–H groups in total. The summed E-state index contributed by atoms with van der Waals surface area (Å²) in [4.78, 5) is 12.6. The molecule has 1 amide bonds. The Labute approximate surface area is 137 Å². The van der Waals surface area contributed by atoms with Crippen LogP contribution in [0.25, 0.3) is 0 Å². The minimum atomic E-state index is -0.852. The standard InChI is InChI=1S/C17H23FN2O.ClH/c1-17(2,14-5-3-4-6-15(14)18)16(21)20-13-9-11-7-8-12(10-13)19-11;/h3-6,11-13,19H,7-10H2,1-2H3,(H,20,21);1H. The molecule has 3 nitrogen and oxygen atoms in total. The van der Waals surface area contributed by atoms with Gasteiger partial charge in [-0.3, -0.25) is 4.79 Å². The van der Waals surface area contributed by atoms with E-state index >= 15 is 0 Å². The molecule has 1 aromatic carbocycles. The molecule has 0 aromatic heterocycles. The molecule has 2 atom stereocenters. The predicted molar refractivity (Wildman–Crippen MR) is 87.8 cm³/mol. The lowest BCUT2D eigenvalue weighted by atomic mass is 9.82. The van der Waals surface area contributed by atoms with Crippen molar-refractivity contribution in [3.63, 3.8) is 0 Å². The van der Waals surface area contributed by atoms with Gasteiger partial charge in [-0.05, 0) is 45.6 Å². The Hall–Kier alpha value is -1.13. The molecule has 0 radical (unpaired) electrons. The largest absolute Gasteiger partial charge is 0.352 e. The van der Waals surface area contributed by atoms with E-state index in [9.17, 15) is 9.18 Å². The summed E-state index contributed by atoms with van der Waals surface area (Å²) in [7, 11) is 0. The maximum absolute atomic E-state index is 14.0. The zero-order chi connectivity index (χ0) is 15.0. The summed E-state index contributed by atoms with van der Waals surface area (Å²) >= 11 is 0. The van der Waals surface area contributed by atoms with Crippen LogP contribution in [-0.4, -0.2) is 24.0 Å². The lowest BCUT2D eigenvalue weighted by molar-refractivity contribution is -0.126. The zero-order valence-electron chi connectivity index (χ0n) is 13.1. The number of nitrogens with one attached hydrogen (secondary N) is 2. The van der Waals surface area contributed by atoms with Crippen molar-refractivity contribution in [1.82, 2.24) is 10.6 Å². The zero-order valence-corrected chi connectivity index (χ0v) is 13.9. The van der Waals surface area contributed by atoms with Crippen molar-refractivity contribution in [2.45, 2.75) is 63.1 Å². The minimum Gasteiger partial charge on any atom is -0.352 e. The highest BCUT2D eigenvalue weighted by Gasteiger charge is 2.38. The molecule has 2 bridgehead atoms. The van der Waals surface area contributed by atoms with Gasteiger partial charge in [0.15, 0.2) is 0 Å². The van der Waals surface area contributed by atoms with Crippen LogP contribution in [0.4, 0.5) is 4.39 Å². The molecule has 22 heavy (non-hydrogen) atoms. The number of fused-ring (bicyclic) bond motifs is 2. The normalized spacial score (nSPS) is 27.1. The van der Waals surface area contributed by atoms with E-state index in [0.29, 0.717) is 17.6 Å². The Kier molecular flexibility index (Phi) is 5.13. The van der Waals surface area contributed by atoms with Gasteiger partial charge in [-0.1, -0.05) is 18.2 Å². The summed E-state index contributed by atoms with van der Waals surface area (Å²) in [6.07, 6.45) is 4.37. The van der Waals surface area contributed by atoms with E-state index < -0.39 is 5.41 Å². The molecule has 5 heteroatoms. The van der Waals surface area contributed by atoms with Crippen molar-refractivity contribution in [3.8, 4) is 0 Å². The topological polar surface area (TPSA) is 41.1 Å². The lowest BCUT2D eigenvalue weighted by Gasteiger charge is -2.33. The monoisotopic (exact) mass is 326 g/mol.